The summed E-state index contributed by atoms with van der Waals surface area (Å²) in [5.74, 6) is 0.139. The molecule has 1 amide bonds. The Kier molecular flexibility index (Phi) is 3.28. The fourth-order valence-electron chi connectivity index (χ4n) is 2.64. The molecule has 2 aromatic rings. The quantitative estimate of drug-likeness (QED) is 0.883. The van der Waals surface area contributed by atoms with Crippen molar-refractivity contribution in [3.05, 3.63) is 36.0 Å². The van der Waals surface area contributed by atoms with Gasteiger partial charge in [0, 0.05) is 43.8 Å². The average Bonchev–Trinajstić information content (AvgIpc) is 2.49. The highest BCUT2D eigenvalue weighted by Gasteiger charge is 2.24. The van der Waals surface area contributed by atoms with Crippen molar-refractivity contribution in [2.24, 2.45) is 5.73 Å². The van der Waals surface area contributed by atoms with Crippen LogP contribution in [-0.4, -0.2) is 42.5 Å². The SMILES string of the molecule is CN1CCN(c2c(CN)cnc3ccccc23)CC1=O. The van der Waals surface area contributed by atoms with E-state index in [0.29, 0.717) is 13.1 Å². The molecule has 20 heavy (non-hydrogen) atoms. The molecule has 1 fully saturated rings. The van der Waals surface area contributed by atoms with Crippen LogP contribution in [0.3, 0.4) is 0 Å². The first-order valence-corrected chi connectivity index (χ1v) is 6.76. The van der Waals surface area contributed by atoms with E-state index in [1.165, 1.54) is 0 Å². The molecule has 2 N–H and O–H groups in total. The standard InChI is InChI=1S/C15H18N4O/c1-18-6-7-19(10-14(18)20)15-11(8-16)9-17-13-5-3-2-4-12(13)15/h2-5,9H,6-8,10,16H2,1H3. The van der Waals surface area contributed by atoms with Gasteiger partial charge in [-0.2, -0.15) is 0 Å². The minimum atomic E-state index is 0.139. The molecule has 1 aromatic heterocycles. The Morgan fingerprint density at radius 3 is 2.85 bits per heavy atom. The van der Waals surface area contributed by atoms with Crippen LogP contribution in [0.15, 0.2) is 30.5 Å². The number of amides is 1. The monoisotopic (exact) mass is 270 g/mol. The predicted octanol–water partition coefficient (Wildman–Crippen LogP) is 0.972. The highest BCUT2D eigenvalue weighted by molar-refractivity contribution is 5.95. The van der Waals surface area contributed by atoms with Crippen LogP contribution in [0.1, 0.15) is 5.56 Å². The van der Waals surface area contributed by atoms with Crippen LogP contribution in [0.2, 0.25) is 0 Å². The smallest absolute Gasteiger partial charge is 0.241 e. The number of nitrogens with zero attached hydrogens (tertiary/aromatic N) is 3. The number of aromatic nitrogens is 1. The van der Waals surface area contributed by atoms with Crippen molar-refractivity contribution in [2.75, 3.05) is 31.6 Å². The summed E-state index contributed by atoms with van der Waals surface area (Å²) >= 11 is 0. The van der Waals surface area contributed by atoms with Crippen LogP contribution in [0, 0.1) is 0 Å². The van der Waals surface area contributed by atoms with E-state index in [9.17, 15) is 4.79 Å². The van der Waals surface area contributed by atoms with E-state index in [0.717, 1.165) is 35.2 Å². The lowest BCUT2D eigenvalue weighted by Crippen LogP contribution is -2.49. The zero-order chi connectivity index (χ0) is 14.1. The molecule has 1 aromatic carbocycles. The molecule has 5 heteroatoms. The first kappa shape index (κ1) is 12.9. The number of piperazine rings is 1. The second-order valence-electron chi connectivity index (χ2n) is 5.09. The van der Waals surface area contributed by atoms with Crippen molar-refractivity contribution in [3.63, 3.8) is 0 Å². The van der Waals surface area contributed by atoms with Crippen molar-refractivity contribution in [3.8, 4) is 0 Å². The number of anilines is 1. The molecule has 5 nitrogen and oxygen atoms in total. The molecule has 104 valence electrons. The fraction of sp³-hybridized carbons (Fsp3) is 0.333. The largest absolute Gasteiger partial charge is 0.360 e. The van der Waals surface area contributed by atoms with E-state index in [1.54, 1.807) is 4.90 Å². The number of fused-ring (bicyclic) bond motifs is 1. The van der Waals surface area contributed by atoms with E-state index in [4.69, 9.17) is 5.73 Å². The van der Waals surface area contributed by atoms with Crippen LogP contribution in [-0.2, 0) is 11.3 Å². The Hall–Kier alpha value is -2.14. The molecule has 0 spiro atoms. The summed E-state index contributed by atoms with van der Waals surface area (Å²) in [4.78, 5) is 20.3. The first-order valence-electron chi connectivity index (χ1n) is 6.76. The number of pyridine rings is 1. The van der Waals surface area contributed by atoms with Gasteiger partial charge in [-0.1, -0.05) is 18.2 Å². The minimum absolute atomic E-state index is 0.139. The number of para-hydroxylation sites is 1. The summed E-state index contributed by atoms with van der Waals surface area (Å²) in [5, 5.41) is 1.06. The van der Waals surface area contributed by atoms with Crippen LogP contribution >= 0.6 is 0 Å². The summed E-state index contributed by atoms with van der Waals surface area (Å²) < 4.78 is 0. The van der Waals surface area contributed by atoms with Gasteiger partial charge in [0.2, 0.25) is 5.91 Å². The minimum Gasteiger partial charge on any atom is -0.360 e. The fourth-order valence-corrected chi connectivity index (χ4v) is 2.64. The Morgan fingerprint density at radius 1 is 1.30 bits per heavy atom. The third-order valence-corrected chi connectivity index (χ3v) is 3.82. The third-order valence-electron chi connectivity index (χ3n) is 3.82. The summed E-state index contributed by atoms with van der Waals surface area (Å²) in [6.07, 6.45) is 1.82. The highest BCUT2D eigenvalue weighted by Crippen LogP contribution is 2.30. The third kappa shape index (κ3) is 2.10. The number of hydrogen-bond acceptors (Lipinski definition) is 4. The van der Waals surface area contributed by atoms with Crippen LogP contribution in [0.5, 0.6) is 0 Å². The number of likely N-dealkylation sites (N-methyl/N-ethyl adjacent to an activating group) is 1. The molecule has 1 aliphatic heterocycles. The summed E-state index contributed by atoms with van der Waals surface area (Å²) in [6, 6.07) is 7.98. The molecular weight excluding hydrogens is 252 g/mol. The number of carbonyl (C=O) groups excluding carboxylic acids is 1. The van der Waals surface area contributed by atoms with E-state index >= 15 is 0 Å². The van der Waals surface area contributed by atoms with Crippen molar-refractivity contribution in [2.45, 2.75) is 6.54 Å². The number of benzene rings is 1. The number of hydrogen-bond donors (Lipinski definition) is 1. The molecule has 0 unspecified atom stereocenters. The van der Waals surface area contributed by atoms with Gasteiger partial charge >= 0.3 is 0 Å². The maximum absolute atomic E-state index is 12.0. The number of carbonyl (C=O) groups is 1. The van der Waals surface area contributed by atoms with Gasteiger partial charge in [-0.3, -0.25) is 9.78 Å². The number of rotatable bonds is 2. The molecule has 2 heterocycles. The second kappa shape index (κ2) is 5.09. The van der Waals surface area contributed by atoms with Gasteiger partial charge < -0.3 is 15.5 Å². The van der Waals surface area contributed by atoms with Crippen LogP contribution in [0.4, 0.5) is 5.69 Å². The van der Waals surface area contributed by atoms with Gasteiger partial charge in [-0.05, 0) is 6.07 Å². The predicted molar refractivity (Wildman–Crippen MR) is 79.5 cm³/mol. The topological polar surface area (TPSA) is 62.5 Å². The van der Waals surface area contributed by atoms with E-state index in [1.807, 2.05) is 37.5 Å². The maximum Gasteiger partial charge on any atom is 0.241 e. The zero-order valence-electron chi connectivity index (χ0n) is 11.5. The molecule has 1 aliphatic rings. The van der Waals surface area contributed by atoms with E-state index < -0.39 is 0 Å². The molecule has 0 radical (unpaired) electrons. The summed E-state index contributed by atoms with van der Waals surface area (Å²) in [5.41, 5.74) is 8.83. The maximum atomic E-state index is 12.0. The van der Waals surface area contributed by atoms with Gasteiger partial charge in [0.05, 0.1) is 17.7 Å². The van der Waals surface area contributed by atoms with Crippen molar-refractivity contribution in [1.29, 1.82) is 0 Å². The summed E-state index contributed by atoms with van der Waals surface area (Å²) in [6.45, 7) is 2.38. The molecular formula is C15H18N4O. The Labute approximate surface area is 118 Å². The van der Waals surface area contributed by atoms with Crippen molar-refractivity contribution < 1.29 is 4.79 Å². The Balaban J connectivity index is 2.11. The van der Waals surface area contributed by atoms with Gasteiger partial charge in [-0.15, -0.1) is 0 Å². The second-order valence-corrected chi connectivity index (χ2v) is 5.09. The van der Waals surface area contributed by atoms with Gasteiger partial charge in [-0.25, -0.2) is 0 Å². The van der Waals surface area contributed by atoms with E-state index in [2.05, 4.69) is 9.88 Å². The Morgan fingerprint density at radius 2 is 2.10 bits per heavy atom. The summed E-state index contributed by atoms with van der Waals surface area (Å²) in [7, 11) is 1.84. The van der Waals surface area contributed by atoms with E-state index in [-0.39, 0.29) is 5.91 Å². The van der Waals surface area contributed by atoms with Crippen molar-refractivity contribution in [1.82, 2.24) is 9.88 Å². The first-order chi connectivity index (χ1) is 9.70. The molecule has 0 atom stereocenters. The Bertz CT molecular complexity index is 655. The normalized spacial score (nSPS) is 16.0. The van der Waals surface area contributed by atoms with Crippen molar-refractivity contribution >= 4 is 22.5 Å². The van der Waals surface area contributed by atoms with Gasteiger partial charge in [0.1, 0.15) is 0 Å². The molecule has 1 saturated heterocycles. The van der Waals surface area contributed by atoms with Crippen LogP contribution < -0.4 is 10.6 Å². The molecule has 0 saturated carbocycles. The van der Waals surface area contributed by atoms with Gasteiger partial charge in [0.15, 0.2) is 0 Å². The number of nitrogens with two attached hydrogens (primary N) is 1. The molecule has 0 aliphatic carbocycles. The molecule has 0 bridgehead atoms. The lowest BCUT2D eigenvalue weighted by molar-refractivity contribution is -0.129. The lowest BCUT2D eigenvalue weighted by Gasteiger charge is -2.35. The lowest BCUT2D eigenvalue weighted by atomic mass is 10.1. The van der Waals surface area contributed by atoms with Gasteiger partial charge in [0.25, 0.3) is 0 Å². The average molecular weight is 270 g/mol. The zero-order valence-corrected chi connectivity index (χ0v) is 11.5. The van der Waals surface area contributed by atoms with Crippen LogP contribution in [0.25, 0.3) is 10.9 Å². The highest BCUT2D eigenvalue weighted by atomic mass is 16.2. The molecule has 3 rings (SSSR count).